The SMILES string of the molecule is O=C(O)P(=O)(O)O.[Na+].[Na+].[Na+]. The van der Waals surface area contributed by atoms with Gasteiger partial charge in [-0.05, 0) is 0 Å². The van der Waals surface area contributed by atoms with E-state index in [1.807, 2.05) is 0 Å². The van der Waals surface area contributed by atoms with Gasteiger partial charge in [0.2, 0.25) is 0 Å². The van der Waals surface area contributed by atoms with E-state index >= 15 is 0 Å². The van der Waals surface area contributed by atoms with Crippen LogP contribution in [0.4, 0.5) is 4.79 Å². The van der Waals surface area contributed by atoms with Crippen molar-refractivity contribution >= 4 is 13.3 Å². The van der Waals surface area contributed by atoms with Crippen LogP contribution < -0.4 is 88.7 Å². The molecule has 0 aromatic heterocycles. The number of carboxylic acid groups (broad SMARTS) is 1. The number of hydrogen-bond acceptors (Lipinski definition) is 2. The molecule has 3 N–H and O–H groups in total. The summed E-state index contributed by atoms with van der Waals surface area (Å²) in [5.41, 5.74) is -2.09. The second-order valence-corrected chi connectivity index (χ2v) is 2.30. The van der Waals surface area contributed by atoms with Gasteiger partial charge in [-0.1, -0.05) is 0 Å². The normalized spacial score (nSPS) is 7.80. The van der Waals surface area contributed by atoms with Crippen molar-refractivity contribution in [1.29, 1.82) is 0 Å². The molecule has 0 heterocycles. The summed E-state index contributed by atoms with van der Waals surface area (Å²) in [5.74, 6) is 0. The molecular formula is CH3Na3O5P+3. The minimum atomic E-state index is -4.82. The molecule has 5 nitrogen and oxygen atoms in total. The molecule has 0 saturated carbocycles. The first-order valence-electron chi connectivity index (χ1n) is 1.23. The molecular weight excluding hydrogens is 192 g/mol. The molecule has 0 radical (unpaired) electrons. The quantitative estimate of drug-likeness (QED) is 0.285. The average molecular weight is 195 g/mol. The minimum absolute atomic E-state index is 0. The molecule has 0 amide bonds. The molecule has 0 aliphatic carbocycles. The molecule has 0 bridgehead atoms. The van der Waals surface area contributed by atoms with Gasteiger partial charge in [0.25, 0.3) is 0 Å². The second-order valence-electron chi connectivity index (χ2n) is 0.827. The van der Waals surface area contributed by atoms with Crippen molar-refractivity contribution in [2.45, 2.75) is 0 Å². The zero-order valence-corrected chi connectivity index (χ0v) is 13.0. The molecule has 0 aromatic carbocycles. The van der Waals surface area contributed by atoms with E-state index in [1.165, 1.54) is 0 Å². The Labute approximate surface area is 124 Å². The maximum absolute atomic E-state index is 9.43. The van der Waals surface area contributed by atoms with Gasteiger partial charge >= 0.3 is 102 Å². The van der Waals surface area contributed by atoms with E-state index in [2.05, 4.69) is 0 Å². The fraction of sp³-hybridized carbons (Fsp3) is 0. The zero-order valence-electron chi connectivity index (χ0n) is 6.11. The molecule has 10 heavy (non-hydrogen) atoms. The van der Waals surface area contributed by atoms with Crippen molar-refractivity contribution in [3.63, 3.8) is 0 Å². The van der Waals surface area contributed by atoms with E-state index in [-0.39, 0.29) is 88.7 Å². The third-order valence-electron chi connectivity index (χ3n) is 0.249. The predicted octanol–water partition coefficient (Wildman–Crippen LogP) is -9.15. The van der Waals surface area contributed by atoms with E-state index in [9.17, 15) is 9.36 Å². The van der Waals surface area contributed by atoms with Crippen molar-refractivity contribution in [3.8, 4) is 0 Å². The Morgan fingerprint density at radius 2 is 1.20 bits per heavy atom. The Hall–Kier alpha value is 2.62. The summed E-state index contributed by atoms with van der Waals surface area (Å²) in [7, 11) is -4.82. The summed E-state index contributed by atoms with van der Waals surface area (Å²) in [4.78, 5) is 24.5. The molecule has 0 aromatic rings. The largest absolute Gasteiger partial charge is 1.00 e. The van der Waals surface area contributed by atoms with Gasteiger partial charge < -0.3 is 14.9 Å². The maximum atomic E-state index is 9.43. The van der Waals surface area contributed by atoms with Crippen LogP contribution in [0.1, 0.15) is 0 Å². The maximum Gasteiger partial charge on any atom is 1.00 e. The summed E-state index contributed by atoms with van der Waals surface area (Å²) in [6.45, 7) is 0. The third kappa shape index (κ3) is 13.2. The van der Waals surface area contributed by atoms with Gasteiger partial charge in [0.1, 0.15) is 0 Å². The Balaban J connectivity index is -0.0000000600. The van der Waals surface area contributed by atoms with Crippen LogP contribution in [0, 0.1) is 0 Å². The number of hydrogen-bond donors (Lipinski definition) is 3. The van der Waals surface area contributed by atoms with Crippen molar-refractivity contribution < 1.29 is 113 Å². The Kier molecular flexibility index (Phi) is 22.3. The fourth-order valence-electron chi connectivity index (χ4n) is 0. The third-order valence-corrected chi connectivity index (χ3v) is 0.748. The van der Waals surface area contributed by atoms with Gasteiger partial charge in [0.05, 0.1) is 0 Å². The van der Waals surface area contributed by atoms with Gasteiger partial charge in [-0.3, -0.25) is 0 Å². The Morgan fingerprint density at radius 1 is 1.10 bits per heavy atom. The fourth-order valence-corrected chi connectivity index (χ4v) is 0. The average Bonchev–Trinajstić information content (AvgIpc) is 1.31. The van der Waals surface area contributed by atoms with Crippen LogP contribution in [0.2, 0.25) is 0 Å². The van der Waals surface area contributed by atoms with Crippen LogP contribution in [0.25, 0.3) is 0 Å². The summed E-state index contributed by atoms with van der Waals surface area (Å²) in [5, 5.41) is 7.49. The van der Waals surface area contributed by atoms with E-state index in [0.29, 0.717) is 0 Å². The van der Waals surface area contributed by atoms with Crippen LogP contribution >= 0.6 is 7.60 Å². The molecule has 0 aliphatic rings. The molecule has 0 aliphatic heterocycles. The standard InChI is InChI=1S/CH3O5P.3Na/c2-1(3)7(4,5)6;;;/h(H,2,3)(H2,4,5,6);;;/q;3*+1. The molecule has 0 spiro atoms. The van der Waals surface area contributed by atoms with Crippen molar-refractivity contribution in [1.82, 2.24) is 0 Å². The van der Waals surface area contributed by atoms with Crippen LogP contribution in [0.5, 0.6) is 0 Å². The van der Waals surface area contributed by atoms with E-state index in [1.54, 1.807) is 0 Å². The van der Waals surface area contributed by atoms with Gasteiger partial charge in [0.15, 0.2) is 0 Å². The van der Waals surface area contributed by atoms with Gasteiger partial charge in [-0.25, -0.2) is 9.36 Å². The first-order valence-corrected chi connectivity index (χ1v) is 2.85. The van der Waals surface area contributed by atoms with E-state index < -0.39 is 13.3 Å². The summed E-state index contributed by atoms with van der Waals surface area (Å²) in [6.07, 6.45) is 0. The summed E-state index contributed by atoms with van der Waals surface area (Å²) >= 11 is 0. The molecule has 0 unspecified atom stereocenters. The topological polar surface area (TPSA) is 94.8 Å². The van der Waals surface area contributed by atoms with Crippen LogP contribution in [0.15, 0.2) is 0 Å². The second kappa shape index (κ2) is 9.71. The van der Waals surface area contributed by atoms with Crippen LogP contribution in [0.3, 0.4) is 0 Å². The Bertz CT molecular complexity index is 129. The number of carbonyl (C=O) groups is 1. The smallest absolute Gasteiger partial charge is 0.472 e. The monoisotopic (exact) mass is 195 g/mol. The van der Waals surface area contributed by atoms with Crippen molar-refractivity contribution in [3.05, 3.63) is 0 Å². The van der Waals surface area contributed by atoms with Crippen molar-refractivity contribution in [2.24, 2.45) is 0 Å². The Morgan fingerprint density at radius 3 is 1.20 bits per heavy atom. The molecule has 42 valence electrons. The molecule has 0 saturated heterocycles. The molecule has 0 rings (SSSR count). The van der Waals surface area contributed by atoms with E-state index in [4.69, 9.17) is 14.9 Å². The van der Waals surface area contributed by atoms with E-state index in [0.717, 1.165) is 0 Å². The predicted molar refractivity (Wildman–Crippen MR) is 20.1 cm³/mol. The summed E-state index contributed by atoms with van der Waals surface area (Å²) < 4.78 is 9.43. The number of rotatable bonds is 1. The van der Waals surface area contributed by atoms with Gasteiger partial charge in [-0.2, -0.15) is 0 Å². The first-order chi connectivity index (χ1) is 2.94. The molecule has 0 atom stereocenters. The molecule has 0 fully saturated rings. The van der Waals surface area contributed by atoms with Crippen LogP contribution in [-0.2, 0) is 4.57 Å². The van der Waals surface area contributed by atoms with Gasteiger partial charge in [-0.15, -0.1) is 0 Å². The van der Waals surface area contributed by atoms with Gasteiger partial charge in [0, 0.05) is 0 Å². The minimum Gasteiger partial charge on any atom is -0.472 e. The molecule has 9 heteroatoms. The first kappa shape index (κ1) is 22.9. The summed E-state index contributed by atoms with van der Waals surface area (Å²) in [6, 6.07) is 0. The van der Waals surface area contributed by atoms with Crippen LogP contribution in [-0.4, -0.2) is 20.6 Å². The zero-order chi connectivity index (χ0) is 6.08. The van der Waals surface area contributed by atoms with Crippen molar-refractivity contribution in [2.75, 3.05) is 0 Å².